The molecule has 3 aromatic rings. The van der Waals surface area contributed by atoms with Crippen LogP contribution in [0.1, 0.15) is 38.6 Å². The van der Waals surface area contributed by atoms with Crippen molar-refractivity contribution in [1.82, 2.24) is 9.58 Å². The first-order valence-corrected chi connectivity index (χ1v) is 10.7. The summed E-state index contributed by atoms with van der Waals surface area (Å²) in [6.07, 6.45) is 0.688. The number of hydrogen-bond acceptors (Lipinski definition) is 5. The van der Waals surface area contributed by atoms with Crippen LogP contribution in [-0.4, -0.2) is 40.3 Å². The molecule has 0 saturated heterocycles. The lowest BCUT2D eigenvalue weighted by Gasteiger charge is -2.12. The zero-order chi connectivity index (χ0) is 21.1. The number of esters is 1. The second kappa shape index (κ2) is 8.67. The van der Waals surface area contributed by atoms with Gasteiger partial charge in [0.2, 0.25) is 0 Å². The number of benzene rings is 1. The van der Waals surface area contributed by atoms with Crippen LogP contribution in [0.25, 0.3) is 0 Å². The molecule has 1 aromatic carbocycles. The van der Waals surface area contributed by atoms with Crippen LogP contribution in [0.3, 0.4) is 0 Å². The highest BCUT2D eigenvalue weighted by atomic mass is 32.1. The molecule has 0 spiro atoms. The van der Waals surface area contributed by atoms with Crippen LogP contribution in [0.4, 0.5) is 0 Å². The van der Waals surface area contributed by atoms with Gasteiger partial charge in [0, 0.05) is 22.7 Å². The molecule has 30 heavy (non-hydrogen) atoms. The zero-order valence-corrected chi connectivity index (χ0v) is 17.8. The minimum atomic E-state index is -0.486. The minimum absolute atomic E-state index is 0.318. The van der Waals surface area contributed by atoms with E-state index in [1.54, 1.807) is 11.3 Å². The second-order valence-electron chi connectivity index (χ2n) is 7.21. The maximum absolute atomic E-state index is 12.6. The molecule has 0 N–H and O–H groups in total. The van der Waals surface area contributed by atoms with Gasteiger partial charge in [-0.3, -0.25) is 4.79 Å². The van der Waals surface area contributed by atoms with Crippen molar-refractivity contribution >= 4 is 28.9 Å². The van der Waals surface area contributed by atoms with Gasteiger partial charge in [0.05, 0.1) is 24.4 Å². The summed E-state index contributed by atoms with van der Waals surface area (Å²) >= 11 is 1.68. The Kier molecular flexibility index (Phi) is 5.81. The van der Waals surface area contributed by atoms with E-state index in [4.69, 9.17) is 4.74 Å². The van der Waals surface area contributed by atoms with E-state index in [-0.39, 0.29) is 12.5 Å². The molecule has 3 heterocycles. The Morgan fingerprint density at radius 2 is 1.93 bits per heavy atom. The van der Waals surface area contributed by atoms with Crippen molar-refractivity contribution in [1.29, 1.82) is 0 Å². The van der Waals surface area contributed by atoms with E-state index < -0.39 is 5.97 Å². The van der Waals surface area contributed by atoms with Gasteiger partial charge in [-0.15, -0.1) is 11.3 Å². The molecule has 0 saturated carbocycles. The molecular formula is C23H23N3O3S. The zero-order valence-electron chi connectivity index (χ0n) is 17.0. The van der Waals surface area contributed by atoms with Gasteiger partial charge in [0.25, 0.3) is 5.91 Å². The van der Waals surface area contributed by atoms with E-state index in [2.05, 4.69) is 15.7 Å². The number of rotatable bonds is 6. The maximum Gasteiger partial charge on any atom is 0.340 e. The van der Waals surface area contributed by atoms with E-state index in [1.165, 1.54) is 9.89 Å². The highest BCUT2D eigenvalue weighted by Crippen LogP contribution is 2.20. The summed E-state index contributed by atoms with van der Waals surface area (Å²) in [5, 5.41) is 7.81. The van der Waals surface area contributed by atoms with Gasteiger partial charge in [-0.25, -0.2) is 9.80 Å². The van der Waals surface area contributed by atoms with Crippen molar-refractivity contribution in [2.45, 2.75) is 26.8 Å². The summed E-state index contributed by atoms with van der Waals surface area (Å²) in [5.41, 5.74) is 4.18. The Balaban J connectivity index is 1.38. The molecule has 6 nitrogen and oxygen atoms in total. The molecule has 0 radical (unpaired) electrons. The Bertz CT molecular complexity index is 1080. The first-order chi connectivity index (χ1) is 14.5. The van der Waals surface area contributed by atoms with Crippen molar-refractivity contribution in [3.05, 3.63) is 81.3 Å². The summed E-state index contributed by atoms with van der Waals surface area (Å²) in [6, 6.07) is 15.7. The predicted molar refractivity (Wildman–Crippen MR) is 117 cm³/mol. The number of hydrazone groups is 1. The molecule has 154 valence electrons. The van der Waals surface area contributed by atoms with Gasteiger partial charge in [-0.05, 0) is 36.9 Å². The van der Waals surface area contributed by atoms with Gasteiger partial charge in [0.1, 0.15) is 0 Å². The highest BCUT2D eigenvalue weighted by molar-refractivity contribution is 7.09. The molecule has 1 aliphatic heterocycles. The molecule has 7 heteroatoms. The molecule has 0 atom stereocenters. The van der Waals surface area contributed by atoms with Crippen LogP contribution < -0.4 is 0 Å². The number of aryl methyl sites for hydroxylation is 1. The van der Waals surface area contributed by atoms with Crippen LogP contribution in [0.2, 0.25) is 0 Å². The molecule has 1 aliphatic rings. The van der Waals surface area contributed by atoms with E-state index in [9.17, 15) is 9.59 Å². The number of ether oxygens (including phenoxy) is 1. The van der Waals surface area contributed by atoms with Crippen molar-refractivity contribution in [3.63, 3.8) is 0 Å². The van der Waals surface area contributed by atoms with Crippen LogP contribution in [0.15, 0.2) is 59.0 Å². The van der Waals surface area contributed by atoms with Crippen LogP contribution >= 0.6 is 11.3 Å². The molecule has 0 unspecified atom stereocenters. The molecule has 0 fully saturated rings. The summed E-state index contributed by atoms with van der Waals surface area (Å²) in [5.74, 6) is -0.804. The molecular weight excluding hydrogens is 398 g/mol. The maximum atomic E-state index is 12.6. The van der Waals surface area contributed by atoms with E-state index >= 15 is 0 Å². The van der Waals surface area contributed by atoms with E-state index in [0.717, 1.165) is 22.7 Å². The third kappa shape index (κ3) is 4.21. The SMILES string of the molecule is Cc1cc(C(=O)OCC(=O)N2CCC(c3ccccc3)=N2)c(C)n1Cc1cccs1. The first-order valence-electron chi connectivity index (χ1n) is 9.82. The lowest BCUT2D eigenvalue weighted by atomic mass is 10.1. The average molecular weight is 422 g/mol. The quantitative estimate of drug-likeness (QED) is 0.565. The largest absolute Gasteiger partial charge is 0.452 e. The predicted octanol–water partition coefficient (Wildman–Crippen LogP) is 4.01. The standard InChI is InChI=1S/C23H23N3O3S/c1-16-13-20(17(2)25(16)14-19-9-6-12-30-19)23(28)29-15-22(27)26-11-10-21(24-26)18-7-4-3-5-8-18/h3-9,12-13H,10-11,14-15H2,1-2H3. The molecule has 0 bridgehead atoms. The molecule has 2 aromatic heterocycles. The lowest BCUT2D eigenvalue weighted by Crippen LogP contribution is -2.28. The number of thiophene rings is 1. The van der Waals surface area contributed by atoms with E-state index in [1.807, 2.05) is 61.7 Å². The Morgan fingerprint density at radius 1 is 1.13 bits per heavy atom. The number of carbonyl (C=O) groups is 2. The van der Waals surface area contributed by atoms with Crippen LogP contribution in [0, 0.1) is 13.8 Å². The number of nitrogens with zero attached hydrogens (tertiary/aromatic N) is 3. The van der Waals surface area contributed by atoms with Gasteiger partial charge in [-0.1, -0.05) is 36.4 Å². The Hall–Kier alpha value is -3.19. The second-order valence-corrected chi connectivity index (χ2v) is 8.24. The summed E-state index contributed by atoms with van der Waals surface area (Å²) in [6.45, 7) is 4.75. The molecule has 4 rings (SSSR count). The average Bonchev–Trinajstić information content (AvgIpc) is 3.50. The highest BCUT2D eigenvalue weighted by Gasteiger charge is 2.24. The third-order valence-electron chi connectivity index (χ3n) is 5.21. The van der Waals surface area contributed by atoms with Gasteiger partial charge < -0.3 is 9.30 Å². The normalized spacial score (nSPS) is 13.4. The Morgan fingerprint density at radius 3 is 2.67 bits per heavy atom. The van der Waals surface area contributed by atoms with E-state index in [0.29, 0.717) is 25.1 Å². The fourth-order valence-electron chi connectivity index (χ4n) is 3.56. The summed E-state index contributed by atoms with van der Waals surface area (Å²) in [4.78, 5) is 26.3. The minimum Gasteiger partial charge on any atom is -0.452 e. The lowest BCUT2D eigenvalue weighted by molar-refractivity contribution is -0.134. The number of carbonyl (C=O) groups excluding carboxylic acids is 2. The fraction of sp³-hybridized carbons (Fsp3) is 0.261. The van der Waals surface area contributed by atoms with Gasteiger partial charge >= 0.3 is 5.97 Å². The topological polar surface area (TPSA) is 63.9 Å². The van der Waals surface area contributed by atoms with Crippen molar-refractivity contribution in [2.75, 3.05) is 13.2 Å². The smallest absolute Gasteiger partial charge is 0.340 e. The van der Waals surface area contributed by atoms with Crippen molar-refractivity contribution < 1.29 is 14.3 Å². The third-order valence-corrected chi connectivity index (χ3v) is 6.07. The van der Waals surface area contributed by atoms with Crippen LogP contribution in [-0.2, 0) is 16.1 Å². The van der Waals surface area contributed by atoms with Crippen molar-refractivity contribution in [2.24, 2.45) is 5.10 Å². The summed E-state index contributed by atoms with van der Waals surface area (Å²) < 4.78 is 7.40. The number of amides is 1. The number of aromatic nitrogens is 1. The van der Waals surface area contributed by atoms with Gasteiger partial charge in [0.15, 0.2) is 6.61 Å². The molecule has 0 aliphatic carbocycles. The summed E-state index contributed by atoms with van der Waals surface area (Å²) in [7, 11) is 0. The fourth-order valence-corrected chi connectivity index (χ4v) is 4.25. The monoisotopic (exact) mass is 421 g/mol. The molecule has 1 amide bonds. The first kappa shape index (κ1) is 20.1. The Labute approximate surface area is 179 Å². The van der Waals surface area contributed by atoms with Crippen molar-refractivity contribution in [3.8, 4) is 0 Å². The van der Waals surface area contributed by atoms with Crippen LogP contribution in [0.5, 0.6) is 0 Å². The number of hydrogen-bond donors (Lipinski definition) is 0. The van der Waals surface area contributed by atoms with Gasteiger partial charge in [-0.2, -0.15) is 5.10 Å².